The van der Waals surface area contributed by atoms with Crippen molar-refractivity contribution in [3.63, 3.8) is 0 Å². The molecule has 0 atom stereocenters. The van der Waals surface area contributed by atoms with E-state index in [1.807, 2.05) is 18.7 Å². The van der Waals surface area contributed by atoms with E-state index in [1.54, 1.807) is 0 Å². The predicted octanol–water partition coefficient (Wildman–Crippen LogP) is 0.0709. The molecule has 0 radical (unpaired) electrons. The summed E-state index contributed by atoms with van der Waals surface area (Å²) in [5, 5.41) is 3.10. The standard InChI is InChI=1S/C12H24N8O/c1-3-20(4-2)12-17-10(16-11(18-12)19-14)15-8-6-5-7-9(13)21/h3-8,14H2,1-2H3,(H2,13,21)(H2,15,16,17,18,19). The first-order chi connectivity index (χ1) is 10.1. The number of unbranched alkanes of at least 4 members (excludes halogenated alkanes) is 1. The van der Waals surface area contributed by atoms with E-state index in [2.05, 4.69) is 25.7 Å². The van der Waals surface area contributed by atoms with Crippen molar-refractivity contribution in [3.8, 4) is 0 Å². The van der Waals surface area contributed by atoms with E-state index < -0.39 is 0 Å². The Morgan fingerprint density at radius 1 is 1.14 bits per heavy atom. The van der Waals surface area contributed by atoms with E-state index in [0.717, 1.165) is 25.9 Å². The van der Waals surface area contributed by atoms with Crippen molar-refractivity contribution in [1.82, 2.24) is 15.0 Å². The smallest absolute Gasteiger partial charge is 0.243 e. The molecule has 1 aromatic rings. The first-order valence-electron chi connectivity index (χ1n) is 7.10. The van der Waals surface area contributed by atoms with Gasteiger partial charge in [-0.3, -0.25) is 10.2 Å². The highest BCUT2D eigenvalue weighted by atomic mass is 16.1. The van der Waals surface area contributed by atoms with Gasteiger partial charge in [0.05, 0.1) is 0 Å². The second-order valence-corrected chi connectivity index (χ2v) is 4.45. The average molecular weight is 296 g/mol. The molecule has 1 heterocycles. The van der Waals surface area contributed by atoms with Crippen LogP contribution in [-0.2, 0) is 4.79 Å². The Balaban J connectivity index is 2.64. The van der Waals surface area contributed by atoms with Crippen LogP contribution in [0.1, 0.15) is 33.1 Å². The van der Waals surface area contributed by atoms with E-state index >= 15 is 0 Å². The van der Waals surface area contributed by atoms with Crippen LogP contribution in [0, 0.1) is 0 Å². The Hall–Kier alpha value is -2.16. The number of hydrogen-bond donors (Lipinski definition) is 4. The molecule has 0 bridgehead atoms. The number of rotatable bonds is 10. The largest absolute Gasteiger partial charge is 0.370 e. The molecule has 0 saturated heterocycles. The van der Waals surface area contributed by atoms with Crippen molar-refractivity contribution >= 4 is 23.8 Å². The van der Waals surface area contributed by atoms with Gasteiger partial charge in [-0.2, -0.15) is 15.0 Å². The molecule has 0 aliphatic heterocycles. The molecule has 9 nitrogen and oxygen atoms in total. The van der Waals surface area contributed by atoms with E-state index in [4.69, 9.17) is 11.6 Å². The third-order valence-electron chi connectivity index (χ3n) is 2.93. The van der Waals surface area contributed by atoms with Gasteiger partial charge in [-0.15, -0.1) is 0 Å². The SMILES string of the molecule is CCN(CC)c1nc(NN)nc(NCCCCC(N)=O)n1. The molecular formula is C12H24N8O. The van der Waals surface area contributed by atoms with E-state index in [-0.39, 0.29) is 5.91 Å². The normalized spacial score (nSPS) is 10.2. The van der Waals surface area contributed by atoms with Crippen LogP contribution in [0.5, 0.6) is 0 Å². The van der Waals surface area contributed by atoms with Gasteiger partial charge in [-0.05, 0) is 26.7 Å². The Bertz CT molecular complexity index is 449. The van der Waals surface area contributed by atoms with Crippen molar-refractivity contribution in [3.05, 3.63) is 0 Å². The number of nitrogens with one attached hydrogen (secondary N) is 2. The van der Waals surface area contributed by atoms with Crippen LogP contribution in [0.2, 0.25) is 0 Å². The lowest BCUT2D eigenvalue weighted by molar-refractivity contribution is -0.118. The van der Waals surface area contributed by atoms with Crippen LogP contribution in [0.3, 0.4) is 0 Å². The molecule has 1 amide bonds. The van der Waals surface area contributed by atoms with Crippen molar-refractivity contribution in [1.29, 1.82) is 0 Å². The van der Waals surface area contributed by atoms with Crippen molar-refractivity contribution in [2.45, 2.75) is 33.1 Å². The molecule has 6 N–H and O–H groups in total. The Morgan fingerprint density at radius 2 is 1.81 bits per heavy atom. The first kappa shape index (κ1) is 16.9. The fourth-order valence-corrected chi connectivity index (χ4v) is 1.78. The van der Waals surface area contributed by atoms with Crippen molar-refractivity contribution in [2.75, 3.05) is 35.3 Å². The Morgan fingerprint density at radius 3 is 2.38 bits per heavy atom. The van der Waals surface area contributed by atoms with Gasteiger partial charge in [-0.1, -0.05) is 0 Å². The summed E-state index contributed by atoms with van der Waals surface area (Å²) in [5.74, 6) is 6.44. The fraction of sp³-hybridized carbons (Fsp3) is 0.667. The zero-order valence-corrected chi connectivity index (χ0v) is 12.6. The van der Waals surface area contributed by atoms with Gasteiger partial charge < -0.3 is 16.0 Å². The van der Waals surface area contributed by atoms with Crippen LogP contribution in [0.15, 0.2) is 0 Å². The lowest BCUT2D eigenvalue weighted by Crippen LogP contribution is -2.26. The first-order valence-corrected chi connectivity index (χ1v) is 7.10. The van der Waals surface area contributed by atoms with Crippen LogP contribution in [0.4, 0.5) is 17.8 Å². The summed E-state index contributed by atoms with van der Waals surface area (Å²) in [4.78, 5) is 25.4. The molecule has 9 heteroatoms. The maximum Gasteiger partial charge on any atom is 0.243 e. The second kappa shape index (κ2) is 8.90. The number of hydrogen-bond acceptors (Lipinski definition) is 8. The van der Waals surface area contributed by atoms with Crippen molar-refractivity contribution in [2.24, 2.45) is 11.6 Å². The van der Waals surface area contributed by atoms with Gasteiger partial charge >= 0.3 is 0 Å². The van der Waals surface area contributed by atoms with E-state index in [9.17, 15) is 4.79 Å². The molecule has 118 valence electrons. The summed E-state index contributed by atoms with van der Waals surface area (Å²) in [6, 6.07) is 0. The zero-order chi connectivity index (χ0) is 15.7. The number of aromatic nitrogens is 3. The fourth-order valence-electron chi connectivity index (χ4n) is 1.78. The summed E-state index contributed by atoms with van der Waals surface area (Å²) in [6.45, 7) is 6.30. The second-order valence-electron chi connectivity index (χ2n) is 4.45. The number of amides is 1. The Labute approximate surface area is 124 Å². The summed E-state index contributed by atoms with van der Waals surface area (Å²) in [7, 11) is 0. The minimum absolute atomic E-state index is 0.284. The number of carbonyl (C=O) groups excluding carboxylic acids is 1. The highest BCUT2D eigenvalue weighted by Gasteiger charge is 2.10. The number of carbonyl (C=O) groups is 1. The number of anilines is 3. The molecule has 0 fully saturated rings. The molecule has 0 aromatic carbocycles. The molecule has 1 aromatic heterocycles. The molecular weight excluding hydrogens is 272 g/mol. The topological polar surface area (TPSA) is 135 Å². The highest BCUT2D eigenvalue weighted by Crippen LogP contribution is 2.12. The number of nitrogens with zero attached hydrogens (tertiary/aromatic N) is 4. The summed E-state index contributed by atoms with van der Waals surface area (Å²) < 4.78 is 0. The lowest BCUT2D eigenvalue weighted by Gasteiger charge is -2.19. The summed E-state index contributed by atoms with van der Waals surface area (Å²) in [6.07, 6.45) is 1.93. The third-order valence-corrected chi connectivity index (χ3v) is 2.93. The lowest BCUT2D eigenvalue weighted by atomic mass is 10.2. The molecule has 0 unspecified atom stereocenters. The van der Waals surface area contributed by atoms with Crippen LogP contribution >= 0.6 is 0 Å². The summed E-state index contributed by atoms with van der Waals surface area (Å²) in [5.41, 5.74) is 7.52. The van der Waals surface area contributed by atoms with Gasteiger partial charge in [0.1, 0.15) is 0 Å². The quantitative estimate of drug-likeness (QED) is 0.270. The predicted molar refractivity (Wildman–Crippen MR) is 82.7 cm³/mol. The summed E-state index contributed by atoms with van der Waals surface area (Å²) >= 11 is 0. The van der Waals surface area contributed by atoms with Crippen molar-refractivity contribution < 1.29 is 4.79 Å². The number of nitrogens with two attached hydrogens (primary N) is 2. The van der Waals surface area contributed by atoms with E-state index in [0.29, 0.717) is 30.8 Å². The van der Waals surface area contributed by atoms with Gasteiger partial charge in [-0.25, -0.2) is 5.84 Å². The average Bonchev–Trinajstić information content (AvgIpc) is 2.47. The van der Waals surface area contributed by atoms with Gasteiger partial charge in [0, 0.05) is 26.1 Å². The molecule has 21 heavy (non-hydrogen) atoms. The van der Waals surface area contributed by atoms with Crippen LogP contribution in [0.25, 0.3) is 0 Å². The minimum Gasteiger partial charge on any atom is -0.370 e. The minimum atomic E-state index is -0.284. The van der Waals surface area contributed by atoms with Gasteiger partial charge in [0.15, 0.2) is 0 Å². The van der Waals surface area contributed by atoms with E-state index in [1.165, 1.54) is 0 Å². The molecule has 0 aliphatic rings. The number of primary amides is 1. The third kappa shape index (κ3) is 5.78. The zero-order valence-electron chi connectivity index (χ0n) is 12.6. The molecule has 1 rings (SSSR count). The molecule has 0 spiro atoms. The number of hydrazine groups is 1. The maximum atomic E-state index is 10.6. The van der Waals surface area contributed by atoms with Gasteiger partial charge in [0.25, 0.3) is 0 Å². The number of nitrogen functional groups attached to an aromatic ring is 1. The molecule has 0 saturated carbocycles. The maximum absolute atomic E-state index is 10.6. The highest BCUT2D eigenvalue weighted by molar-refractivity contribution is 5.73. The molecule has 0 aliphatic carbocycles. The van der Waals surface area contributed by atoms with Crippen LogP contribution < -0.4 is 27.2 Å². The van der Waals surface area contributed by atoms with Gasteiger partial charge in [0.2, 0.25) is 23.8 Å². The van der Waals surface area contributed by atoms with Crippen LogP contribution in [-0.4, -0.2) is 40.5 Å². The Kier molecular flexibility index (Phi) is 7.16. The monoisotopic (exact) mass is 296 g/mol.